The van der Waals surface area contributed by atoms with Gasteiger partial charge >= 0.3 is 0 Å². The number of nitrogens with one attached hydrogen (secondary N) is 3. The van der Waals surface area contributed by atoms with Gasteiger partial charge in [0, 0.05) is 34.8 Å². The smallest absolute Gasteiger partial charge is 0.239 e. The van der Waals surface area contributed by atoms with Crippen molar-refractivity contribution in [1.29, 1.82) is 0 Å². The first-order valence-corrected chi connectivity index (χ1v) is 15.5. The van der Waals surface area contributed by atoms with Crippen LogP contribution in [0.1, 0.15) is 105 Å². The van der Waals surface area contributed by atoms with Crippen LogP contribution in [0.4, 0.5) is 11.4 Å². The Morgan fingerprint density at radius 3 is 2.17 bits per heavy atom. The molecule has 42 heavy (non-hydrogen) atoms. The zero-order chi connectivity index (χ0) is 30.7. The Balaban J connectivity index is 1.58. The highest BCUT2D eigenvalue weighted by molar-refractivity contribution is 6.01. The van der Waals surface area contributed by atoms with Crippen LogP contribution in [0.25, 0.3) is 0 Å². The standard InChI is InChI=1S/C36H50N4O2/c1-33(2,3)24-16-14-23(15-17-24)32-31-27(20-34(4,5)21-29(31)41)38-26-12-10-11-13-28(26)40(32)22-30(42)37-25-18-35(6,7)39-36(8,9)19-25/h10-17,25,32,38-39H,18-22H2,1-9H3,(H,37,42). The number of Topliss-reactive ketones (excluding diaryl/α,β-unsaturated/α-hetero) is 1. The Kier molecular flexibility index (Phi) is 7.62. The molecule has 0 saturated carbocycles. The maximum Gasteiger partial charge on any atom is 0.239 e. The van der Waals surface area contributed by atoms with E-state index in [-0.39, 0.29) is 52.2 Å². The van der Waals surface area contributed by atoms with Crippen molar-refractivity contribution >= 4 is 23.1 Å². The lowest BCUT2D eigenvalue weighted by Crippen LogP contribution is -2.62. The van der Waals surface area contributed by atoms with Crippen molar-refractivity contribution in [3.63, 3.8) is 0 Å². The molecule has 0 radical (unpaired) electrons. The van der Waals surface area contributed by atoms with Crippen LogP contribution in [0.5, 0.6) is 0 Å². The molecule has 2 heterocycles. The van der Waals surface area contributed by atoms with Gasteiger partial charge in [-0.3, -0.25) is 9.59 Å². The van der Waals surface area contributed by atoms with Crippen LogP contribution in [0, 0.1) is 5.41 Å². The molecule has 226 valence electrons. The van der Waals surface area contributed by atoms with Crippen LogP contribution in [-0.4, -0.2) is 35.4 Å². The number of allylic oxidation sites excluding steroid dienone is 1. The molecule has 1 unspecified atom stereocenters. The summed E-state index contributed by atoms with van der Waals surface area (Å²) in [6.45, 7) is 19.9. The SMILES string of the molecule is CC1(C)CC(=O)C2=C(C1)Nc1ccccc1N(CC(=O)NC1CC(C)(C)NC(C)(C)C1)C2c1ccc(C(C)(C)C)cc1. The highest BCUT2D eigenvalue weighted by Crippen LogP contribution is 2.48. The molecule has 5 rings (SSSR count). The van der Waals surface area contributed by atoms with Crippen molar-refractivity contribution in [1.82, 2.24) is 10.6 Å². The first-order valence-electron chi connectivity index (χ1n) is 15.5. The summed E-state index contributed by atoms with van der Waals surface area (Å²) >= 11 is 0. The Morgan fingerprint density at radius 1 is 0.929 bits per heavy atom. The first-order chi connectivity index (χ1) is 19.4. The topological polar surface area (TPSA) is 73.5 Å². The lowest BCUT2D eigenvalue weighted by Gasteiger charge is -2.46. The maximum atomic E-state index is 14.0. The van der Waals surface area contributed by atoms with Gasteiger partial charge in [-0.1, -0.05) is 71.0 Å². The number of piperidine rings is 1. The number of carbonyl (C=O) groups excluding carboxylic acids is 2. The average molecular weight is 571 g/mol. The lowest BCUT2D eigenvalue weighted by atomic mass is 9.73. The van der Waals surface area contributed by atoms with Crippen LogP contribution < -0.4 is 20.9 Å². The van der Waals surface area contributed by atoms with Gasteiger partial charge in [0.05, 0.1) is 24.0 Å². The van der Waals surface area contributed by atoms with Crippen molar-refractivity contribution in [3.8, 4) is 0 Å². The van der Waals surface area contributed by atoms with Gasteiger partial charge in [0.25, 0.3) is 0 Å². The number of benzene rings is 2. The number of rotatable bonds is 4. The number of amides is 1. The summed E-state index contributed by atoms with van der Waals surface area (Å²) < 4.78 is 0. The second-order valence-electron chi connectivity index (χ2n) is 15.9. The second kappa shape index (κ2) is 10.6. The Morgan fingerprint density at radius 2 is 1.55 bits per heavy atom. The van der Waals surface area contributed by atoms with Crippen LogP contribution in [-0.2, 0) is 15.0 Å². The van der Waals surface area contributed by atoms with E-state index < -0.39 is 0 Å². The molecule has 1 aliphatic carbocycles. The van der Waals surface area contributed by atoms with E-state index in [0.717, 1.165) is 47.5 Å². The summed E-state index contributed by atoms with van der Waals surface area (Å²) in [4.78, 5) is 30.1. The Hall–Kier alpha value is -3.12. The molecule has 2 aromatic rings. The minimum atomic E-state index is -0.375. The van der Waals surface area contributed by atoms with Gasteiger partial charge in [0.2, 0.25) is 5.91 Å². The van der Waals surface area contributed by atoms with Crippen molar-refractivity contribution in [2.24, 2.45) is 5.41 Å². The molecule has 0 aromatic heterocycles. The minimum Gasteiger partial charge on any atom is -0.357 e. The third-order valence-corrected chi connectivity index (χ3v) is 8.97. The molecule has 3 N–H and O–H groups in total. The third-order valence-electron chi connectivity index (χ3n) is 8.97. The van der Waals surface area contributed by atoms with Gasteiger partial charge in [0.15, 0.2) is 5.78 Å². The van der Waals surface area contributed by atoms with Crippen LogP contribution in [0.15, 0.2) is 59.8 Å². The summed E-state index contributed by atoms with van der Waals surface area (Å²) in [6.07, 6.45) is 2.99. The number of carbonyl (C=O) groups is 2. The molecule has 6 nitrogen and oxygen atoms in total. The molecule has 6 heteroatoms. The largest absolute Gasteiger partial charge is 0.357 e. The highest BCUT2D eigenvalue weighted by atomic mass is 16.2. The quantitative estimate of drug-likeness (QED) is 0.368. The van der Waals surface area contributed by atoms with Crippen molar-refractivity contribution < 1.29 is 9.59 Å². The number of hydrogen-bond donors (Lipinski definition) is 3. The number of fused-ring (bicyclic) bond motifs is 1. The number of ketones is 1. The zero-order valence-corrected chi connectivity index (χ0v) is 27.1. The molecule has 1 fully saturated rings. The van der Waals surface area contributed by atoms with E-state index in [1.54, 1.807) is 0 Å². The third kappa shape index (κ3) is 6.44. The zero-order valence-electron chi connectivity index (χ0n) is 27.1. The highest BCUT2D eigenvalue weighted by Gasteiger charge is 2.43. The summed E-state index contributed by atoms with van der Waals surface area (Å²) in [5.74, 6) is 0.131. The van der Waals surface area contributed by atoms with E-state index in [2.05, 4.69) is 120 Å². The van der Waals surface area contributed by atoms with Gasteiger partial charge in [-0.15, -0.1) is 0 Å². The van der Waals surface area contributed by atoms with Crippen molar-refractivity contribution in [2.45, 2.75) is 117 Å². The van der Waals surface area contributed by atoms with E-state index in [9.17, 15) is 9.59 Å². The van der Waals surface area contributed by atoms with Gasteiger partial charge in [-0.25, -0.2) is 0 Å². The number of anilines is 2. The van der Waals surface area contributed by atoms with E-state index in [1.165, 1.54) is 5.56 Å². The van der Waals surface area contributed by atoms with Crippen LogP contribution >= 0.6 is 0 Å². The maximum absolute atomic E-state index is 14.0. The summed E-state index contributed by atoms with van der Waals surface area (Å²) in [6, 6.07) is 16.5. The molecule has 1 atom stereocenters. The number of nitrogens with zero attached hydrogens (tertiary/aromatic N) is 1. The molecular weight excluding hydrogens is 520 g/mol. The second-order valence-corrected chi connectivity index (χ2v) is 15.9. The fourth-order valence-corrected chi connectivity index (χ4v) is 7.59. The fraction of sp³-hybridized carbons (Fsp3) is 0.556. The summed E-state index contributed by atoms with van der Waals surface area (Å²) in [7, 11) is 0. The predicted octanol–water partition coefficient (Wildman–Crippen LogP) is 7.03. The molecule has 0 bridgehead atoms. The summed E-state index contributed by atoms with van der Waals surface area (Å²) in [5.41, 5.74) is 5.62. The van der Waals surface area contributed by atoms with Crippen molar-refractivity contribution in [2.75, 3.05) is 16.8 Å². The average Bonchev–Trinajstić information content (AvgIpc) is 2.95. The Labute approximate surface area is 252 Å². The van der Waals surface area contributed by atoms with E-state index in [0.29, 0.717) is 6.42 Å². The molecule has 0 spiro atoms. The lowest BCUT2D eigenvalue weighted by molar-refractivity contribution is -0.121. The predicted molar refractivity (Wildman–Crippen MR) is 173 cm³/mol. The normalized spacial score (nSPS) is 23.4. The van der Waals surface area contributed by atoms with E-state index in [4.69, 9.17) is 0 Å². The van der Waals surface area contributed by atoms with Gasteiger partial charge < -0.3 is 20.9 Å². The van der Waals surface area contributed by atoms with Crippen LogP contribution in [0.2, 0.25) is 0 Å². The number of para-hydroxylation sites is 2. The molecule has 3 aliphatic rings. The first kappa shape index (κ1) is 30.3. The summed E-state index contributed by atoms with van der Waals surface area (Å²) in [5, 5.41) is 10.8. The monoisotopic (exact) mass is 570 g/mol. The molecule has 2 aromatic carbocycles. The Bertz CT molecular complexity index is 1380. The molecular formula is C36H50N4O2. The fourth-order valence-electron chi connectivity index (χ4n) is 7.59. The van der Waals surface area contributed by atoms with Crippen LogP contribution in [0.3, 0.4) is 0 Å². The molecule has 2 aliphatic heterocycles. The van der Waals surface area contributed by atoms with E-state index >= 15 is 0 Å². The van der Waals surface area contributed by atoms with Gasteiger partial charge in [-0.2, -0.15) is 0 Å². The van der Waals surface area contributed by atoms with Gasteiger partial charge in [-0.05, 0) is 81.0 Å². The minimum absolute atomic E-state index is 0.0151. The molecule has 1 saturated heterocycles. The number of hydrogen-bond acceptors (Lipinski definition) is 5. The molecule has 1 amide bonds. The van der Waals surface area contributed by atoms with E-state index in [1.807, 2.05) is 12.1 Å². The van der Waals surface area contributed by atoms with Gasteiger partial charge in [0.1, 0.15) is 0 Å². The van der Waals surface area contributed by atoms with Crippen molar-refractivity contribution in [3.05, 3.63) is 70.9 Å².